The highest BCUT2D eigenvalue weighted by Crippen LogP contribution is 2.26. The van der Waals surface area contributed by atoms with E-state index in [0.29, 0.717) is 25.1 Å². The van der Waals surface area contributed by atoms with Crippen molar-refractivity contribution in [2.75, 3.05) is 25.0 Å². The number of benzene rings is 1. The number of hydrogen-bond acceptors (Lipinski definition) is 4. The number of halogens is 3. The van der Waals surface area contributed by atoms with Gasteiger partial charge in [-0.3, -0.25) is 15.0 Å². The normalized spacial score (nSPS) is 20.2. The number of alkyl halides is 3. The SMILES string of the molecule is O=[N+]([O-])c1ccccc1N[C@@H]1CCCN(CC(F)(F)F)C1. The zero-order valence-electron chi connectivity index (χ0n) is 11.3. The van der Waals surface area contributed by atoms with E-state index in [-0.39, 0.29) is 18.3 Å². The van der Waals surface area contributed by atoms with E-state index in [4.69, 9.17) is 0 Å². The van der Waals surface area contributed by atoms with Gasteiger partial charge in [0.2, 0.25) is 0 Å². The zero-order valence-corrected chi connectivity index (χ0v) is 11.3. The second kappa shape index (κ2) is 6.30. The first-order valence-electron chi connectivity index (χ1n) is 6.64. The van der Waals surface area contributed by atoms with Crippen LogP contribution in [0.3, 0.4) is 0 Å². The fraction of sp³-hybridized carbons (Fsp3) is 0.538. The number of anilines is 1. The maximum absolute atomic E-state index is 12.4. The minimum atomic E-state index is -4.22. The van der Waals surface area contributed by atoms with Crippen molar-refractivity contribution in [1.29, 1.82) is 0 Å². The second-order valence-corrected chi connectivity index (χ2v) is 5.11. The Balaban J connectivity index is 2.01. The predicted octanol–water partition coefficient (Wildman–Crippen LogP) is 3.03. The third-order valence-corrected chi connectivity index (χ3v) is 3.37. The maximum Gasteiger partial charge on any atom is 0.401 e. The average molecular weight is 303 g/mol. The Kier molecular flexibility index (Phi) is 4.66. The number of piperidine rings is 1. The summed E-state index contributed by atoms with van der Waals surface area (Å²) >= 11 is 0. The summed E-state index contributed by atoms with van der Waals surface area (Å²) in [4.78, 5) is 11.7. The van der Waals surface area contributed by atoms with E-state index in [0.717, 1.165) is 0 Å². The van der Waals surface area contributed by atoms with Gasteiger partial charge in [0.15, 0.2) is 0 Å². The molecule has 1 heterocycles. The van der Waals surface area contributed by atoms with Crippen LogP contribution >= 0.6 is 0 Å². The standard InChI is InChI=1S/C13H16F3N3O2/c14-13(15,16)9-18-7-3-4-10(8-18)17-11-5-1-2-6-12(11)19(20)21/h1-2,5-6,10,17H,3-4,7-9H2/t10-/m1/s1. The van der Waals surface area contributed by atoms with Crippen LogP contribution in [0.2, 0.25) is 0 Å². The molecule has 1 aromatic rings. The van der Waals surface area contributed by atoms with Crippen molar-refractivity contribution in [1.82, 2.24) is 4.90 Å². The van der Waals surface area contributed by atoms with E-state index in [1.54, 1.807) is 18.2 Å². The predicted molar refractivity (Wildman–Crippen MR) is 72.2 cm³/mol. The highest BCUT2D eigenvalue weighted by Gasteiger charge is 2.33. The fourth-order valence-corrected chi connectivity index (χ4v) is 2.55. The molecule has 0 aliphatic carbocycles. The summed E-state index contributed by atoms with van der Waals surface area (Å²) in [7, 11) is 0. The van der Waals surface area contributed by atoms with Gasteiger partial charge in [0, 0.05) is 18.7 Å². The van der Waals surface area contributed by atoms with Crippen LogP contribution in [0.4, 0.5) is 24.5 Å². The number of para-hydroxylation sites is 2. The third-order valence-electron chi connectivity index (χ3n) is 3.37. The molecule has 5 nitrogen and oxygen atoms in total. The Morgan fingerprint density at radius 3 is 2.76 bits per heavy atom. The first-order valence-corrected chi connectivity index (χ1v) is 6.64. The minimum Gasteiger partial charge on any atom is -0.375 e. The highest BCUT2D eigenvalue weighted by molar-refractivity contribution is 5.61. The van der Waals surface area contributed by atoms with Crippen LogP contribution in [0, 0.1) is 10.1 Å². The average Bonchev–Trinajstić information content (AvgIpc) is 2.37. The summed E-state index contributed by atoms with van der Waals surface area (Å²) in [5.74, 6) is 0. The number of nitrogens with zero attached hydrogens (tertiary/aromatic N) is 2. The van der Waals surface area contributed by atoms with E-state index in [1.165, 1.54) is 11.0 Å². The molecular weight excluding hydrogens is 287 g/mol. The number of nitro groups is 1. The molecule has 1 atom stereocenters. The molecule has 0 unspecified atom stereocenters. The molecule has 1 aromatic carbocycles. The lowest BCUT2D eigenvalue weighted by atomic mass is 10.1. The van der Waals surface area contributed by atoms with Crippen LogP contribution in [0.25, 0.3) is 0 Å². The molecule has 21 heavy (non-hydrogen) atoms. The van der Waals surface area contributed by atoms with Crippen LogP contribution in [0.15, 0.2) is 24.3 Å². The summed E-state index contributed by atoms with van der Waals surface area (Å²) < 4.78 is 37.2. The summed E-state index contributed by atoms with van der Waals surface area (Å²) in [5.41, 5.74) is 0.284. The summed E-state index contributed by atoms with van der Waals surface area (Å²) in [5, 5.41) is 13.9. The largest absolute Gasteiger partial charge is 0.401 e. The quantitative estimate of drug-likeness (QED) is 0.686. The van der Waals surface area contributed by atoms with Crippen molar-refractivity contribution in [2.24, 2.45) is 0 Å². The Labute approximate surface area is 119 Å². The van der Waals surface area contributed by atoms with Crippen LogP contribution in [-0.4, -0.2) is 41.7 Å². The highest BCUT2D eigenvalue weighted by atomic mass is 19.4. The molecule has 1 fully saturated rings. The van der Waals surface area contributed by atoms with E-state index in [1.807, 2.05) is 0 Å². The van der Waals surface area contributed by atoms with Crippen molar-refractivity contribution >= 4 is 11.4 Å². The van der Waals surface area contributed by atoms with Gasteiger partial charge in [0.05, 0.1) is 11.5 Å². The summed E-state index contributed by atoms with van der Waals surface area (Å²) in [6.07, 6.45) is -2.89. The molecule has 116 valence electrons. The first-order chi connectivity index (χ1) is 9.85. The van der Waals surface area contributed by atoms with Gasteiger partial charge >= 0.3 is 6.18 Å². The van der Waals surface area contributed by atoms with Crippen molar-refractivity contribution in [3.8, 4) is 0 Å². The van der Waals surface area contributed by atoms with Gasteiger partial charge in [-0.2, -0.15) is 13.2 Å². The molecular formula is C13H16F3N3O2. The molecule has 1 saturated heterocycles. The molecule has 2 rings (SSSR count). The lowest BCUT2D eigenvalue weighted by Gasteiger charge is -2.33. The molecule has 1 aliphatic heterocycles. The minimum absolute atomic E-state index is 0.0644. The van der Waals surface area contributed by atoms with Crippen LogP contribution in [-0.2, 0) is 0 Å². The van der Waals surface area contributed by atoms with Gasteiger partial charge in [0.1, 0.15) is 5.69 Å². The van der Waals surface area contributed by atoms with E-state index < -0.39 is 17.6 Å². The van der Waals surface area contributed by atoms with Gasteiger partial charge in [-0.1, -0.05) is 12.1 Å². The second-order valence-electron chi connectivity index (χ2n) is 5.11. The fourth-order valence-electron chi connectivity index (χ4n) is 2.55. The number of nitro benzene ring substituents is 1. The molecule has 8 heteroatoms. The van der Waals surface area contributed by atoms with Crippen LogP contribution in [0.1, 0.15) is 12.8 Å². The van der Waals surface area contributed by atoms with Gasteiger partial charge in [-0.15, -0.1) is 0 Å². The van der Waals surface area contributed by atoms with Crippen molar-refractivity contribution in [2.45, 2.75) is 25.1 Å². The molecule has 1 aliphatic rings. The molecule has 0 aromatic heterocycles. The molecule has 0 amide bonds. The maximum atomic E-state index is 12.4. The van der Waals surface area contributed by atoms with E-state index >= 15 is 0 Å². The number of nitrogens with one attached hydrogen (secondary N) is 1. The van der Waals surface area contributed by atoms with Gasteiger partial charge < -0.3 is 5.32 Å². The van der Waals surface area contributed by atoms with Crippen LogP contribution < -0.4 is 5.32 Å². The topological polar surface area (TPSA) is 58.4 Å². The van der Waals surface area contributed by atoms with Crippen molar-refractivity contribution < 1.29 is 18.1 Å². The van der Waals surface area contributed by atoms with Crippen LogP contribution in [0.5, 0.6) is 0 Å². The number of likely N-dealkylation sites (tertiary alicyclic amines) is 1. The number of rotatable bonds is 4. The number of hydrogen-bond donors (Lipinski definition) is 1. The monoisotopic (exact) mass is 303 g/mol. The Morgan fingerprint density at radius 2 is 2.10 bits per heavy atom. The molecule has 0 bridgehead atoms. The lowest BCUT2D eigenvalue weighted by Crippen LogP contribution is -2.45. The lowest BCUT2D eigenvalue weighted by molar-refractivity contribution is -0.384. The smallest absolute Gasteiger partial charge is 0.375 e. The Morgan fingerprint density at radius 1 is 1.38 bits per heavy atom. The van der Waals surface area contributed by atoms with Gasteiger partial charge in [-0.05, 0) is 25.5 Å². The molecule has 0 saturated carbocycles. The van der Waals surface area contributed by atoms with Crippen molar-refractivity contribution in [3.63, 3.8) is 0 Å². The van der Waals surface area contributed by atoms with Gasteiger partial charge in [-0.25, -0.2) is 0 Å². The first kappa shape index (κ1) is 15.6. The van der Waals surface area contributed by atoms with Crippen molar-refractivity contribution in [3.05, 3.63) is 34.4 Å². The van der Waals surface area contributed by atoms with E-state index in [9.17, 15) is 23.3 Å². The summed E-state index contributed by atoms with van der Waals surface area (Å²) in [6, 6.07) is 5.94. The molecule has 0 radical (unpaired) electrons. The zero-order chi connectivity index (χ0) is 15.5. The van der Waals surface area contributed by atoms with Gasteiger partial charge in [0.25, 0.3) is 5.69 Å². The van der Waals surface area contributed by atoms with E-state index in [2.05, 4.69) is 5.32 Å². The summed E-state index contributed by atoms with van der Waals surface area (Å²) in [6.45, 7) is -0.317. The molecule has 1 N–H and O–H groups in total. The third kappa shape index (κ3) is 4.59. The Bertz CT molecular complexity index is 508. The Hall–Kier alpha value is -1.83. The molecule has 0 spiro atoms.